The lowest BCUT2D eigenvalue weighted by atomic mass is 10.1. The molecule has 0 radical (unpaired) electrons. The minimum Gasteiger partial charge on any atom is -0.481 e. The molecule has 0 N–H and O–H groups in total. The van der Waals surface area contributed by atoms with Gasteiger partial charge in [0, 0.05) is 19.2 Å². The van der Waals surface area contributed by atoms with Crippen LogP contribution in [0.15, 0.2) is 18.2 Å². The molecular formula is C19H27N3O5. The number of rotatable bonds is 2. The molecular weight excluding hydrogens is 350 g/mol. The summed E-state index contributed by atoms with van der Waals surface area (Å²) in [6.07, 6.45) is 0.271. The molecule has 1 aromatic heterocycles. The molecule has 3 rings (SSSR count). The quantitative estimate of drug-likeness (QED) is 0.784. The molecule has 2 atom stereocenters. The topological polar surface area (TPSA) is 81.2 Å². The van der Waals surface area contributed by atoms with Crippen LogP contribution < -0.4 is 4.74 Å². The molecule has 27 heavy (non-hydrogen) atoms. The first-order valence-corrected chi connectivity index (χ1v) is 9.18. The maximum absolute atomic E-state index is 13.2. The van der Waals surface area contributed by atoms with E-state index in [0.29, 0.717) is 44.3 Å². The molecule has 2 amide bonds. The van der Waals surface area contributed by atoms with Gasteiger partial charge in [-0.1, -0.05) is 6.07 Å². The van der Waals surface area contributed by atoms with Crippen LogP contribution in [0.1, 0.15) is 37.7 Å². The summed E-state index contributed by atoms with van der Waals surface area (Å²) in [6, 6.07) is 4.79. The Hall–Kier alpha value is -2.35. The Bertz CT molecular complexity index is 703. The molecule has 2 bridgehead atoms. The number of pyridine rings is 1. The minimum absolute atomic E-state index is 0.100. The second-order valence-corrected chi connectivity index (χ2v) is 7.84. The predicted octanol–water partition coefficient (Wildman–Crippen LogP) is 1.94. The van der Waals surface area contributed by atoms with Gasteiger partial charge in [-0.15, -0.1) is 0 Å². The lowest BCUT2D eigenvalue weighted by Crippen LogP contribution is -2.56. The molecule has 2 saturated heterocycles. The third-order valence-corrected chi connectivity index (χ3v) is 4.61. The largest absolute Gasteiger partial charge is 0.481 e. The Kier molecular flexibility index (Phi) is 5.55. The van der Waals surface area contributed by atoms with Gasteiger partial charge in [0.25, 0.3) is 5.91 Å². The number of methoxy groups -OCH3 is 1. The van der Waals surface area contributed by atoms with Crippen molar-refractivity contribution in [2.75, 3.05) is 33.4 Å². The fraction of sp³-hybridized carbons (Fsp3) is 0.632. The maximum Gasteiger partial charge on any atom is 0.410 e. The normalized spacial score (nSPS) is 22.8. The molecule has 1 aromatic rings. The summed E-state index contributed by atoms with van der Waals surface area (Å²) >= 11 is 0. The van der Waals surface area contributed by atoms with Crippen molar-refractivity contribution in [2.45, 2.75) is 44.9 Å². The molecule has 0 spiro atoms. The van der Waals surface area contributed by atoms with E-state index >= 15 is 0 Å². The molecule has 2 aliphatic rings. The molecule has 0 aromatic carbocycles. The van der Waals surface area contributed by atoms with E-state index in [1.54, 1.807) is 23.1 Å². The van der Waals surface area contributed by atoms with Crippen LogP contribution >= 0.6 is 0 Å². The van der Waals surface area contributed by atoms with Crippen molar-refractivity contribution in [2.24, 2.45) is 0 Å². The van der Waals surface area contributed by atoms with Gasteiger partial charge in [0.1, 0.15) is 11.3 Å². The Balaban J connectivity index is 1.80. The van der Waals surface area contributed by atoms with Gasteiger partial charge in [0.15, 0.2) is 0 Å². The predicted molar refractivity (Wildman–Crippen MR) is 97.8 cm³/mol. The molecule has 2 aliphatic heterocycles. The lowest BCUT2D eigenvalue weighted by molar-refractivity contribution is -0.0340. The first-order chi connectivity index (χ1) is 12.8. The molecule has 8 nitrogen and oxygen atoms in total. The van der Waals surface area contributed by atoms with E-state index in [-0.39, 0.29) is 24.1 Å². The summed E-state index contributed by atoms with van der Waals surface area (Å²) in [4.78, 5) is 33.4. The van der Waals surface area contributed by atoms with Crippen LogP contribution in [0.4, 0.5) is 4.79 Å². The van der Waals surface area contributed by atoms with Gasteiger partial charge in [0.2, 0.25) is 5.88 Å². The summed E-state index contributed by atoms with van der Waals surface area (Å²) in [5, 5.41) is 0. The molecule has 2 unspecified atom stereocenters. The van der Waals surface area contributed by atoms with Crippen molar-refractivity contribution in [3.05, 3.63) is 23.9 Å². The number of nitrogens with zero attached hydrogens (tertiary/aromatic N) is 3. The van der Waals surface area contributed by atoms with Crippen LogP contribution in [0.2, 0.25) is 0 Å². The number of carbonyl (C=O) groups is 2. The van der Waals surface area contributed by atoms with Gasteiger partial charge in [0.05, 0.1) is 32.4 Å². The Morgan fingerprint density at radius 1 is 1.22 bits per heavy atom. The molecule has 8 heteroatoms. The molecule has 3 heterocycles. The molecule has 2 fully saturated rings. The first kappa shape index (κ1) is 19.4. The number of fused-ring (bicyclic) bond motifs is 2. The third-order valence-electron chi connectivity index (χ3n) is 4.61. The van der Waals surface area contributed by atoms with Crippen molar-refractivity contribution >= 4 is 12.0 Å². The lowest BCUT2D eigenvalue weighted by Gasteiger charge is -2.40. The fourth-order valence-corrected chi connectivity index (χ4v) is 3.42. The number of carbonyl (C=O) groups excluding carboxylic acids is 2. The van der Waals surface area contributed by atoms with E-state index in [9.17, 15) is 9.59 Å². The van der Waals surface area contributed by atoms with E-state index in [1.807, 2.05) is 25.7 Å². The zero-order chi connectivity index (χ0) is 19.6. The van der Waals surface area contributed by atoms with Crippen LogP contribution in [-0.2, 0) is 9.47 Å². The summed E-state index contributed by atoms with van der Waals surface area (Å²) in [7, 11) is 1.52. The first-order valence-electron chi connectivity index (χ1n) is 9.18. The van der Waals surface area contributed by atoms with Crippen LogP contribution in [-0.4, -0.2) is 77.9 Å². The monoisotopic (exact) mass is 377 g/mol. The fourth-order valence-electron chi connectivity index (χ4n) is 3.42. The summed E-state index contributed by atoms with van der Waals surface area (Å²) in [5.41, 5.74) is -0.230. The van der Waals surface area contributed by atoms with Gasteiger partial charge >= 0.3 is 6.09 Å². The van der Waals surface area contributed by atoms with Crippen LogP contribution in [0, 0.1) is 0 Å². The van der Waals surface area contributed by atoms with Gasteiger partial charge in [-0.3, -0.25) is 4.79 Å². The highest BCUT2D eigenvalue weighted by Gasteiger charge is 2.41. The van der Waals surface area contributed by atoms with E-state index in [2.05, 4.69) is 4.98 Å². The van der Waals surface area contributed by atoms with E-state index < -0.39 is 5.60 Å². The zero-order valence-electron chi connectivity index (χ0n) is 16.3. The highest BCUT2D eigenvalue weighted by molar-refractivity contribution is 5.93. The highest BCUT2D eigenvalue weighted by atomic mass is 16.6. The van der Waals surface area contributed by atoms with Crippen LogP contribution in [0.5, 0.6) is 5.88 Å². The number of ether oxygens (including phenoxy) is 3. The molecule has 0 aliphatic carbocycles. The second-order valence-electron chi connectivity index (χ2n) is 7.84. The van der Waals surface area contributed by atoms with Crippen molar-refractivity contribution in [3.8, 4) is 5.88 Å². The Morgan fingerprint density at radius 3 is 2.67 bits per heavy atom. The average Bonchev–Trinajstić information content (AvgIpc) is 2.73. The second kappa shape index (κ2) is 7.72. The summed E-state index contributed by atoms with van der Waals surface area (Å²) in [6.45, 7) is 7.26. The standard InChI is InChI=1S/C19H27N3O5/c1-19(2,3)27-18(24)21-9-8-13-11-26-12-14(10-21)22(13)17(23)15-6-5-7-16(20-15)25-4/h5-7,13-14H,8-12H2,1-4H3. The van der Waals surface area contributed by atoms with Crippen molar-refractivity contribution in [3.63, 3.8) is 0 Å². The van der Waals surface area contributed by atoms with E-state index in [0.717, 1.165) is 0 Å². The number of hydrogen-bond donors (Lipinski definition) is 0. The minimum atomic E-state index is -0.561. The van der Waals surface area contributed by atoms with Crippen molar-refractivity contribution in [1.29, 1.82) is 0 Å². The summed E-state index contributed by atoms with van der Waals surface area (Å²) < 4.78 is 16.3. The van der Waals surface area contributed by atoms with Gasteiger partial charge in [-0.2, -0.15) is 0 Å². The number of morpholine rings is 1. The van der Waals surface area contributed by atoms with Gasteiger partial charge in [-0.25, -0.2) is 9.78 Å². The number of aromatic nitrogens is 1. The van der Waals surface area contributed by atoms with Gasteiger partial charge < -0.3 is 24.0 Å². The maximum atomic E-state index is 13.2. The van der Waals surface area contributed by atoms with Crippen LogP contribution in [0.25, 0.3) is 0 Å². The third kappa shape index (κ3) is 4.50. The molecule has 148 valence electrons. The Labute approximate surface area is 159 Å². The van der Waals surface area contributed by atoms with Crippen LogP contribution in [0.3, 0.4) is 0 Å². The number of hydrogen-bond acceptors (Lipinski definition) is 6. The zero-order valence-corrected chi connectivity index (χ0v) is 16.3. The average molecular weight is 377 g/mol. The smallest absolute Gasteiger partial charge is 0.410 e. The molecule has 0 saturated carbocycles. The van der Waals surface area contributed by atoms with Crippen molar-refractivity contribution in [1.82, 2.24) is 14.8 Å². The van der Waals surface area contributed by atoms with E-state index in [4.69, 9.17) is 14.2 Å². The SMILES string of the molecule is COc1cccc(C(=O)N2C3CCN(C(=O)OC(C)(C)C)CC2COC3)n1. The number of amides is 2. The van der Waals surface area contributed by atoms with Crippen molar-refractivity contribution < 1.29 is 23.8 Å². The Morgan fingerprint density at radius 2 is 1.96 bits per heavy atom. The highest BCUT2D eigenvalue weighted by Crippen LogP contribution is 2.25. The van der Waals surface area contributed by atoms with E-state index in [1.165, 1.54) is 7.11 Å². The summed E-state index contributed by atoms with van der Waals surface area (Å²) in [5.74, 6) is 0.228. The van der Waals surface area contributed by atoms with Gasteiger partial charge in [-0.05, 0) is 33.3 Å².